The molecule has 3 aliphatic heterocycles. The maximum Gasteiger partial charge on any atom is 0.338 e. The highest BCUT2D eigenvalue weighted by Gasteiger charge is 2.78. The largest absolute Gasteiger partial charge is 0.472 e. The van der Waals surface area contributed by atoms with E-state index in [-0.39, 0.29) is 17.9 Å². The van der Waals surface area contributed by atoms with E-state index < -0.39 is 91.2 Å². The smallest absolute Gasteiger partial charge is 0.338 e. The molecule has 0 radical (unpaired) electrons. The molecule has 1 aliphatic carbocycles. The number of aliphatic hydroxyl groups is 4. The van der Waals surface area contributed by atoms with Crippen LogP contribution in [0.3, 0.4) is 0 Å². The lowest BCUT2D eigenvalue weighted by molar-refractivity contribution is -0.344. The molecule has 2 saturated heterocycles. The predicted molar refractivity (Wildman–Crippen MR) is 127 cm³/mol. The fourth-order valence-corrected chi connectivity index (χ4v) is 5.50. The Labute approximate surface area is 227 Å². The predicted octanol–water partition coefficient (Wildman–Crippen LogP) is -1.23. The van der Waals surface area contributed by atoms with Gasteiger partial charge in [-0.3, -0.25) is 9.59 Å². The summed E-state index contributed by atoms with van der Waals surface area (Å²) < 4.78 is 39.1. The number of hydrogen-bond donors (Lipinski definition) is 4. The van der Waals surface area contributed by atoms with Crippen molar-refractivity contribution in [1.29, 1.82) is 0 Å². The van der Waals surface area contributed by atoms with Gasteiger partial charge >= 0.3 is 17.9 Å². The Kier molecular flexibility index (Phi) is 7.85. The number of carbonyl (C=O) groups is 3. The van der Waals surface area contributed by atoms with Crippen molar-refractivity contribution in [3.63, 3.8) is 0 Å². The Morgan fingerprint density at radius 1 is 0.975 bits per heavy atom. The Morgan fingerprint density at radius 3 is 2.35 bits per heavy atom. The van der Waals surface area contributed by atoms with E-state index >= 15 is 0 Å². The van der Waals surface area contributed by atoms with Gasteiger partial charge in [0.05, 0.1) is 24.4 Å². The van der Waals surface area contributed by atoms with E-state index in [1.165, 1.54) is 44.4 Å². The second-order valence-corrected chi connectivity index (χ2v) is 10.0. The number of aliphatic hydroxyl groups excluding tert-OH is 4. The number of rotatable bonds is 8. The molecule has 0 unspecified atom stereocenters. The summed E-state index contributed by atoms with van der Waals surface area (Å²) in [5.74, 6) is -2.75. The third kappa shape index (κ3) is 5.19. The summed E-state index contributed by atoms with van der Waals surface area (Å²) in [4.78, 5) is 35.8. The van der Waals surface area contributed by atoms with Gasteiger partial charge in [-0.2, -0.15) is 0 Å². The molecule has 4 aliphatic rings. The number of benzene rings is 1. The zero-order valence-electron chi connectivity index (χ0n) is 21.5. The first kappa shape index (κ1) is 28.4. The number of ether oxygens (including phenoxy) is 7. The monoisotopic (exact) mass is 566 g/mol. The normalized spacial score (nSPS) is 39.4. The van der Waals surface area contributed by atoms with Gasteiger partial charge < -0.3 is 53.6 Å². The fourth-order valence-electron chi connectivity index (χ4n) is 5.50. The number of esters is 3. The number of hydrogen-bond acceptors (Lipinski definition) is 14. The zero-order chi connectivity index (χ0) is 28.8. The van der Waals surface area contributed by atoms with Crippen molar-refractivity contribution in [3.8, 4) is 5.75 Å². The molecule has 1 aromatic rings. The van der Waals surface area contributed by atoms with Crippen LogP contribution in [0.1, 0.15) is 24.2 Å². The fraction of sp³-hybridized carbons (Fsp3) is 0.577. The van der Waals surface area contributed by atoms with Gasteiger partial charge in [0, 0.05) is 19.8 Å². The first-order chi connectivity index (χ1) is 19.1. The molecule has 0 bridgehead atoms. The summed E-state index contributed by atoms with van der Waals surface area (Å²) in [6.45, 7) is 1.64. The molecule has 1 saturated carbocycles. The summed E-state index contributed by atoms with van der Waals surface area (Å²) >= 11 is 0. The lowest BCUT2D eigenvalue weighted by Gasteiger charge is -2.43. The van der Waals surface area contributed by atoms with Crippen LogP contribution in [0.15, 0.2) is 36.6 Å². The van der Waals surface area contributed by atoms with Gasteiger partial charge in [0.25, 0.3) is 0 Å². The molecule has 11 atom stereocenters. The Balaban J connectivity index is 1.36. The molecule has 0 aromatic heterocycles. The van der Waals surface area contributed by atoms with Gasteiger partial charge in [0.1, 0.15) is 54.6 Å². The molecule has 40 heavy (non-hydrogen) atoms. The Hall–Kier alpha value is -3.11. The van der Waals surface area contributed by atoms with E-state index in [1.54, 1.807) is 6.08 Å². The van der Waals surface area contributed by atoms with Crippen LogP contribution in [0.25, 0.3) is 0 Å². The van der Waals surface area contributed by atoms with Gasteiger partial charge in [-0.15, -0.1) is 0 Å². The molecule has 0 amide bonds. The first-order valence-corrected chi connectivity index (χ1v) is 12.6. The summed E-state index contributed by atoms with van der Waals surface area (Å²) in [5.41, 5.74) is -0.972. The third-order valence-corrected chi connectivity index (χ3v) is 7.45. The van der Waals surface area contributed by atoms with Crippen molar-refractivity contribution in [2.75, 3.05) is 13.2 Å². The van der Waals surface area contributed by atoms with E-state index in [0.717, 1.165) is 0 Å². The molecular formula is C26H30O14. The maximum absolute atomic E-state index is 13.0. The Bertz CT molecular complexity index is 1150. The van der Waals surface area contributed by atoms with Crippen LogP contribution in [0.5, 0.6) is 5.75 Å². The minimum atomic E-state index is -1.68. The molecule has 0 spiro atoms. The maximum atomic E-state index is 13.0. The van der Waals surface area contributed by atoms with E-state index in [1.807, 2.05) is 0 Å². The van der Waals surface area contributed by atoms with Crippen molar-refractivity contribution in [3.05, 3.63) is 42.2 Å². The van der Waals surface area contributed by atoms with Crippen molar-refractivity contribution in [1.82, 2.24) is 0 Å². The highest BCUT2D eigenvalue weighted by molar-refractivity contribution is 5.89. The van der Waals surface area contributed by atoms with Crippen molar-refractivity contribution in [2.45, 2.75) is 68.7 Å². The van der Waals surface area contributed by atoms with Crippen LogP contribution in [-0.4, -0.2) is 106 Å². The topological polar surface area (TPSA) is 200 Å². The minimum Gasteiger partial charge on any atom is -0.472 e. The quantitative estimate of drug-likeness (QED) is 0.166. The standard InChI is InChI=1S/C26H30O14/c1-11(28)35-10-26-17-15(7-8-34-24(17)39-25-20(32)19(31)18(30)16(9-27)37-25)21(22(26)40-26)38-23(33)13-3-5-14(6-4-13)36-12(2)29/h3-8,15-22,24-25,27,30-32H,9-10H2,1-2H3/t15-,16-,17-,18-,19+,20-,21+,22+,24-,25+,26-/m1/s1. The number of carbonyl (C=O) groups excluding carboxylic acids is 3. The molecule has 14 heteroatoms. The van der Waals surface area contributed by atoms with Crippen molar-refractivity contribution < 1.29 is 68.0 Å². The zero-order valence-corrected chi connectivity index (χ0v) is 21.5. The van der Waals surface area contributed by atoms with Crippen molar-refractivity contribution in [2.24, 2.45) is 11.8 Å². The van der Waals surface area contributed by atoms with E-state index in [9.17, 15) is 34.8 Å². The second-order valence-electron chi connectivity index (χ2n) is 10.0. The molecule has 3 heterocycles. The minimum absolute atomic E-state index is 0.191. The summed E-state index contributed by atoms with van der Waals surface area (Å²) in [7, 11) is 0. The molecular weight excluding hydrogens is 536 g/mol. The molecule has 1 aromatic carbocycles. The van der Waals surface area contributed by atoms with Crippen LogP contribution >= 0.6 is 0 Å². The Morgan fingerprint density at radius 2 is 1.70 bits per heavy atom. The van der Waals surface area contributed by atoms with Crippen LogP contribution in [0.2, 0.25) is 0 Å². The first-order valence-electron chi connectivity index (χ1n) is 12.6. The number of fused-ring (bicyclic) bond motifs is 3. The van der Waals surface area contributed by atoms with Gasteiger partial charge in [0.2, 0.25) is 6.29 Å². The lowest BCUT2D eigenvalue weighted by atomic mass is 9.85. The third-order valence-electron chi connectivity index (χ3n) is 7.45. The van der Waals surface area contributed by atoms with E-state index in [2.05, 4.69) is 0 Å². The van der Waals surface area contributed by atoms with E-state index in [0.29, 0.717) is 0 Å². The van der Waals surface area contributed by atoms with Crippen LogP contribution in [0.4, 0.5) is 0 Å². The second kappa shape index (κ2) is 11.0. The summed E-state index contributed by atoms with van der Waals surface area (Å²) in [6.07, 6.45) is -7.39. The van der Waals surface area contributed by atoms with Crippen LogP contribution in [0, 0.1) is 11.8 Å². The molecule has 4 N–H and O–H groups in total. The number of epoxide rings is 1. The van der Waals surface area contributed by atoms with Crippen molar-refractivity contribution >= 4 is 17.9 Å². The van der Waals surface area contributed by atoms with Gasteiger partial charge in [-0.25, -0.2) is 4.79 Å². The average Bonchev–Trinajstić information content (AvgIpc) is 3.59. The summed E-state index contributed by atoms with van der Waals surface area (Å²) in [6, 6.07) is 5.79. The lowest BCUT2D eigenvalue weighted by Crippen LogP contribution is -2.60. The average molecular weight is 567 g/mol. The van der Waals surface area contributed by atoms with Gasteiger partial charge in [-0.1, -0.05) is 0 Å². The SMILES string of the molecule is CC(=O)OC[C@]12O[C@H]1[C@@H](OC(=O)c1ccc(OC(C)=O)cc1)[C@@H]1C=CO[C@H](O[C@@H]3O[C@H](CO)[C@@H](O)[C@H](O)[C@H]3O)[C@@H]12. The molecule has 5 rings (SSSR count). The molecule has 218 valence electrons. The van der Waals surface area contributed by atoms with Gasteiger partial charge in [0.15, 0.2) is 6.29 Å². The summed E-state index contributed by atoms with van der Waals surface area (Å²) in [5, 5.41) is 40.2. The van der Waals surface area contributed by atoms with E-state index in [4.69, 9.17) is 33.2 Å². The highest BCUT2D eigenvalue weighted by Crippen LogP contribution is 2.61. The molecule has 3 fully saturated rings. The highest BCUT2D eigenvalue weighted by atomic mass is 16.8. The van der Waals surface area contributed by atoms with Gasteiger partial charge in [-0.05, 0) is 30.3 Å². The van der Waals surface area contributed by atoms with Crippen LogP contribution in [-0.2, 0) is 38.0 Å². The molecule has 14 nitrogen and oxygen atoms in total. The van der Waals surface area contributed by atoms with Crippen LogP contribution < -0.4 is 4.74 Å².